The van der Waals surface area contributed by atoms with E-state index in [2.05, 4.69) is 29.3 Å². The van der Waals surface area contributed by atoms with Crippen LogP contribution >= 0.6 is 0 Å². The van der Waals surface area contributed by atoms with Crippen LogP contribution in [-0.4, -0.2) is 35.4 Å². The highest BCUT2D eigenvalue weighted by Crippen LogP contribution is 2.26. The Labute approximate surface area is 159 Å². The minimum Gasteiger partial charge on any atom is -0.350 e. The molecule has 0 aliphatic carbocycles. The lowest BCUT2D eigenvalue weighted by atomic mass is 9.95. The van der Waals surface area contributed by atoms with Crippen molar-refractivity contribution in [3.05, 3.63) is 75.8 Å². The molecule has 1 heterocycles. The van der Waals surface area contributed by atoms with Crippen LogP contribution in [0.15, 0.2) is 54.6 Å². The lowest BCUT2D eigenvalue weighted by Gasteiger charge is -2.37. The normalized spacial score (nSPS) is 16.6. The average molecular weight is 367 g/mol. The number of amides is 1. The molecule has 1 aliphatic heterocycles. The van der Waals surface area contributed by atoms with Crippen LogP contribution in [0, 0.1) is 16.0 Å². The number of hydrogen-bond donors (Lipinski definition) is 1. The highest BCUT2D eigenvalue weighted by atomic mass is 16.6. The number of piperidine rings is 1. The number of benzene rings is 2. The molecule has 142 valence electrons. The maximum absolute atomic E-state index is 12.5. The Morgan fingerprint density at radius 1 is 1.15 bits per heavy atom. The van der Waals surface area contributed by atoms with Gasteiger partial charge in [0, 0.05) is 24.2 Å². The van der Waals surface area contributed by atoms with Crippen LogP contribution < -0.4 is 5.32 Å². The van der Waals surface area contributed by atoms with Crippen molar-refractivity contribution in [2.45, 2.75) is 25.8 Å². The first kappa shape index (κ1) is 19.0. The molecule has 0 saturated carbocycles. The fourth-order valence-corrected chi connectivity index (χ4v) is 3.50. The molecule has 1 unspecified atom stereocenters. The van der Waals surface area contributed by atoms with Crippen molar-refractivity contribution in [3.8, 4) is 0 Å². The van der Waals surface area contributed by atoms with Gasteiger partial charge in [0.15, 0.2) is 0 Å². The van der Waals surface area contributed by atoms with Gasteiger partial charge in [-0.05, 0) is 49.5 Å². The minimum atomic E-state index is -0.468. The Hall–Kier alpha value is -2.73. The summed E-state index contributed by atoms with van der Waals surface area (Å²) in [6, 6.07) is 16.1. The molecule has 1 amide bonds. The molecule has 1 atom stereocenters. The van der Waals surface area contributed by atoms with Crippen LogP contribution in [0.1, 0.15) is 41.7 Å². The number of non-ortho nitro benzene ring substituents is 1. The summed E-state index contributed by atoms with van der Waals surface area (Å²) in [5, 5.41) is 13.8. The fraction of sp³-hybridized carbons (Fsp3) is 0.381. The highest BCUT2D eigenvalue weighted by molar-refractivity contribution is 5.94. The molecule has 6 heteroatoms. The Balaban J connectivity index is 1.68. The molecule has 0 radical (unpaired) electrons. The predicted octanol–water partition coefficient (Wildman–Crippen LogP) is 3.80. The van der Waals surface area contributed by atoms with Gasteiger partial charge < -0.3 is 5.32 Å². The van der Waals surface area contributed by atoms with E-state index in [1.54, 1.807) is 0 Å². The summed E-state index contributed by atoms with van der Waals surface area (Å²) in [7, 11) is 0. The predicted molar refractivity (Wildman–Crippen MR) is 105 cm³/mol. The molecule has 1 fully saturated rings. The number of nitrogens with one attached hydrogen (secondary N) is 1. The van der Waals surface area contributed by atoms with E-state index in [1.807, 2.05) is 18.2 Å². The van der Waals surface area contributed by atoms with Gasteiger partial charge in [0.25, 0.3) is 11.6 Å². The van der Waals surface area contributed by atoms with Gasteiger partial charge in [-0.3, -0.25) is 19.8 Å². The summed E-state index contributed by atoms with van der Waals surface area (Å²) in [4.78, 5) is 25.2. The van der Waals surface area contributed by atoms with Crippen LogP contribution in [0.3, 0.4) is 0 Å². The van der Waals surface area contributed by atoms with E-state index in [0.29, 0.717) is 12.1 Å². The number of carbonyl (C=O) groups excluding carboxylic acids is 1. The van der Waals surface area contributed by atoms with Crippen LogP contribution in [-0.2, 0) is 0 Å². The second-order valence-corrected chi connectivity index (χ2v) is 7.16. The Morgan fingerprint density at radius 2 is 1.78 bits per heavy atom. The first-order valence-corrected chi connectivity index (χ1v) is 9.36. The van der Waals surface area contributed by atoms with E-state index in [1.165, 1.54) is 42.7 Å². The molecule has 27 heavy (non-hydrogen) atoms. The lowest BCUT2D eigenvalue weighted by molar-refractivity contribution is -0.384. The van der Waals surface area contributed by atoms with E-state index < -0.39 is 4.92 Å². The quantitative estimate of drug-likeness (QED) is 0.622. The first-order valence-electron chi connectivity index (χ1n) is 9.36. The van der Waals surface area contributed by atoms with Crippen LogP contribution in [0.25, 0.3) is 0 Å². The van der Waals surface area contributed by atoms with Gasteiger partial charge in [-0.15, -0.1) is 0 Å². The molecule has 2 aromatic carbocycles. The largest absolute Gasteiger partial charge is 0.350 e. The van der Waals surface area contributed by atoms with Crippen molar-refractivity contribution in [3.63, 3.8) is 0 Å². The highest BCUT2D eigenvalue weighted by Gasteiger charge is 2.25. The summed E-state index contributed by atoms with van der Waals surface area (Å²) in [6.45, 7) is 4.84. The third-order valence-electron chi connectivity index (χ3n) is 5.24. The van der Waals surface area contributed by atoms with Gasteiger partial charge >= 0.3 is 0 Å². The Kier molecular flexibility index (Phi) is 6.19. The summed E-state index contributed by atoms with van der Waals surface area (Å²) in [6.07, 6.45) is 2.33. The second-order valence-electron chi connectivity index (χ2n) is 7.16. The van der Waals surface area contributed by atoms with Crippen molar-refractivity contribution in [1.82, 2.24) is 10.2 Å². The van der Waals surface area contributed by atoms with Crippen molar-refractivity contribution in [2.75, 3.05) is 19.6 Å². The number of nitrogens with zero attached hydrogens (tertiary/aromatic N) is 2. The Morgan fingerprint density at radius 3 is 2.37 bits per heavy atom. The molecule has 1 aliphatic rings. The zero-order valence-corrected chi connectivity index (χ0v) is 15.5. The number of hydrogen-bond acceptors (Lipinski definition) is 4. The second kappa shape index (κ2) is 8.77. The third-order valence-corrected chi connectivity index (χ3v) is 5.24. The van der Waals surface area contributed by atoms with Crippen molar-refractivity contribution in [1.29, 1.82) is 0 Å². The number of rotatable bonds is 6. The minimum absolute atomic E-state index is 0.0175. The fourth-order valence-electron chi connectivity index (χ4n) is 3.50. The average Bonchev–Trinajstić information content (AvgIpc) is 2.70. The number of carbonyl (C=O) groups is 1. The van der Waals surface area contributed by atoms with Gasteiger partial charge in [0.1, 0.15) is 0 Å². The van der Waals surface area contributed by atoms with Crippen molar-refractivity contribution in [2.24, 2.45) is 5.92 Å². The van der Waals surface area contributed by atoms with Crippen LogP contribution in [0.5, 0.6) is 0 Å². The topological polar surface area (TPSA) is 75.5 Å². The summed E-state index contributed by atoms with van der Waals surface area (Å²) in [5.41, 5.74) is 1.60. The van der Waals surface area contributed by atoms with Crippen LogP contribution in [0.4, 0.5) is 5.69 Å². The molecule has 6 nitrogen and oxygen atoms in total. The SMILES string of the molecule is CC1CCN(C(CNC(=O)c2ccc([N+](=O)[O-])cc2)c2ccccc2)CC1. The molecule has 1 N–H and O–H groups in total. The Bertz CT molecular complexity index is 769. The van der Waals surface area contributed by atoms with Crippen molar-refractivity contribution < 1.29 is 9.72 Å². The van der Waals surface area contributed by atoms with E-state index in [0.717, 1.165) is 19.0 Å². The molecule has 0 spiro atoms. The van der Waals surface area contributed by atoms with Crippen LogP contribution in [0.2, 0.25) is 0 Å². The molecule has 0 bridgehead atoms. The zero-order chi connectivity index (χ0) is 19.2. The van der Waals surface area contributed by atoms with E-state index in [9.17, 15) is 14.9 Å². The van der Waals surface area contributed by atoms with Gasteiger partial charge in [-0.25, -0.2) is 0 Å². The maximum atomic E-state index is 12.5. The molecule has 1 saturated heterocycles. The van der Waals surface area contributed by atoms with Crippen molar-refractivity contribution >= 4 is 11.6 Å². The number of nitro groups is 1. The summed E-state index contributed by atoms with van der Waals surface area (Å²) < 4.78 is 0. The maximum Gasteiger partial charge on any atom is 0.269 e. The molecule has 2 aromatic rings. The summed E-state index contributed by atoms with van der Waals surface area (Å²) in [5.74, 6) is 0.531. The summed E-state index contributed by atoms with van der Waals surface area (Å²) >= 11 is 0. The molecule has 3 rings (SSSR count). The van der Waals surface area contributed by atoms with Gasteiger partial charge in [0.05, 0.1) is 11.0 Å². The zero-order valence-electron chi connectivity index (χ0n) is 15.5. The molecular formula is C21H25N3O3. The monoisotopic (exact) mass is 367 g/mol. The number of nitro benzene ring substituents is 1. The smallest absolute Gasteiger partial charge is 0.269 e. The molecular weight excluding hydrogens is 342 g/mol. The lowest BCUT2D eigenvalue weighted by Crippen LogP contribution is -2.42. The number of likely N-dealkylation sites (tertiary alicyclic amines) is 1. The van der Waals surface area contributed by atoms with E-state index >= 15 is 0 Å². The van der Waals surface area contributed by atoms with Gasteiger partial charge in [-0.2, -0.15) is 0 Å². The standard InChI is InChI=1S/C21H25N3O3/c1-16-11-13-23(14-12-16)20(17-5-3-2-4-6-17)15-22-21(25)18-7-9-19(10-8-18)24(26)27/h2-10,16,20H,11-15H2,1H3,(H,22,25). The van der Waals surface area contributed by atoms with E-state index in [4.69, 9.17) is 0 Å². The molecule has 0 aromatic heterocycles. The van der Waals surface area contributed by atoms with Gasteiger partial charge in [-0.1, -0.05) is 37.3 Å². The van der Waals surface area contributed by atoms with E-state index in [-0.39, 0.29) is 17.6 Å². The first-order chi connectivity index (χ1) is 13.0. The third kappa shape index (κ3) is 4.92. The van der Waals surface area contributed by atoms with Gasteiger partial charge in [0.2, 0.25) is 0 Å².